The highest BCUT2D eigenvalue weighted by atomic mass is 19.4. The molecule has 0 fully saturated rings. The lowest BCUT2D eigenvalue weighted by atomic mass is 10.0. The molecule has 0 spiro atoms. The number of carbonyl (C=O) groups is 1. The second kappa shape index (κ2) is 20.0. The highest BCUT2D eigenvalue weighted by molar-refractivity contribution is 6.46. The first-order valence-corrected chi connectivity index (χ1v) is 17.4. The Balaban J connectivity index is 0.000000261. The smallest absolute Gasteiger partial charge is 0.416 e. The van der Waals surface area contributed by atoms with Crippen LogP contribution in [0.1, 0.15) is 58.9 Å². The molecular weight excluding hydrogens is 788 g/mol. The van der Waals surface area contributed by atoms with Gasteiger partial charge in [-0.3, -0.25) is 4.79 Å². The third kappa shape index (κ3) is 11.8. The summed E-state index contributed by atoms with van der Waals surface area (Å²) in [6.45, 7) is 3.12. The van der Waals surface area contributed by atoms with Crippen molar-refractivity contribution in [3.05, 3.63) is 146 Å². The molecule has 4 aromatic carbocycles. The second-order valence-corrected chi connectivity index (χ2v) is 12.3. The van der Waals surface area contributed by atoms with E-state index < -0.39 is 41.2 Å². The molecular formula is C40H39F6N7O6. The van der Waals surface area contributed by atoms with Crippen molar-refractivity contribution < 1.29 is 50.4 Å². The Morgan fingerprint density at radius 2 is 1.53 bits per heavy atom. The number of aryl methyl sites for hydroxylation is 1. The monoisotopic (exact) mass is 827 g/mol. The van der Waals surface area contributed by atoms with Gasteiger partial charge in [0.1, 0.15) is 19.8 Å². The van der Waals surface area contributed by atoms with Gasteiger partial charge >= 0.3 is 24.1 Å². The van der Waals surface area contributed by atoms with E-state index in [9.17, 15) is 35.9 Å². The van der Waals surface area contributed by atoms with E-state index >= 15 is 0 Å². The van der Waals surface area contributed by atoms with Crippen LogP contribution in [0.25, 0.3) is 5.69 Å². The fourth-order valence-corrected chi connectivity index (χ4v) is 5.26. The van der Waals surface area contributed by atoms with Gasteiger partial charge in [0.2, 0.25) is 0 Å². The zero-order chi connectivity index (χ0) is 43.3. The van der Waals surface area contributed by atoms with Crippen LogP contribution in [-0.4, -0.2) is 59.2 Å². The largest absolute Gasteiger partial charge is 0.467 e. The van der Waals surface area contributed by atoms with E-state index in [4.69, 9.17) is 19.2 Å². The number of hydrogen-bond donors (Lipinski definition) is 1. The number of hydrogen-bond acceptors (Lipinski definition) is 10. The fraction of sp³-hybridized carbons (Fsp3) is 0.250. The lowest BCUT2D eigenvalue weighted by molar-refractivity contribution is -0.138. The average molecular weight is 828 g/mol. The lowest BCUT2D eigenvalue weighted by Crippen LogP contribution is -2.29. The number of aromatic nitrogens is 3. The lowest BCUT2D eigenvalue weighted by Gasteiger charge is -2.13. The standard InChI is InChI=1S/C20H19F3N4O3.C20H20F3N3O3/c1-13(14-8-6-9-16(11-14)20(21,22)23)25-30-12-15-7-4-5-10-17(15)27-18(29-3)24-26(2)19(27)28;1-13(14-8-6-9-16(11-14)20(21,22)23)29-25-12-15-7-4-5-10-17(15)18(26-28-3)19(27)24-2/h4-11H,12H2,1-3H3;4-13H,1-3H3,(H,24,27)/b25-13+;25-12+,26-18+. The molecule has 5 rings (SSSR count). The number of benzene rings is 4. The molecule has 0 aliphatic carbocycles. The van der Waals surface area contributed by atoms with Crippen molar-refractivity contribution >= 4 is 23.5 Å². The average Bonchev–Trinajstić information content (AvgIpc) is 3.51. The third-order valence-corrected chi connectivity index (χ3v) is 8.27. The third-order valence-electron chi connectivity index (χ3n) is 8.27. The van der Waals surface area contributed by atoms with Gasteiger partial charge in [-0.1, -0.05) is 82.2 Å². The number of ether oxygens (including phenoxy) is 1. The Morgan fingerprint density at radius 3 is 2.19 bits per heavy atom. The molecule has 19 heteroatoms. The van der Waals surface area contributed by atoms with Gasteiger partial charge in [0.05, 0.1) is 35.9 Å². The van der Waals surface area contributed by atoms with Gasteiger partial charge in [0, 0.05) is 30.8 Å². The molecule has 0 saturated carbocycles. The highest BCUT2D eigenvalue weighted by Crippen LogP contribution is 2.32. The predicted octanol–water partition coefficient (Wildman–Crippen LogP) is 7.45. The summed E-state index contributed by atoms with van der Waals surface area (Å²) in [6, 6.07) is 23.5. The Morgan fingerprint density at radius 1 is 0.881 bits per heavy atom. The summed E-state index contributed by atoms with van der Waals surface area (Å²) >= 11 is 0. The first-order chi connectivity index (χ1) is 28.0. The van der Waals surface area contributed by atoms with Gasteiger partial charge in [-0.15, -0.1) is 5.10 Å². The Kier molecular flexibility index (Phi) is 15.2. The molecule has 0 saturated heterocycles. The number of nitrogens with one attached hydrogen (secondary N) is 1. The van der Waals surface area contributed by atoms with E-state index in [1.807, 2.05) is 0 Å². The molecule has 0 bridgehead atoms. The fourth-order valence-electron chi connectivity index (χ4n) is 5.26. The van der Waals surface area contributed by atoms with Gasteiger partial charge in [-0.2, -0.15) is 26.3 Å². The van der Waals surface area contributed by atoms with Crippen molar-refractivity contribution in [1.82, 2.24) is 19.7 Å². The maximum absolute atomic E-state index is 12.9. The number of halogens is 6. The van der Waals surface area contributed by atoms with Gasteiger partial charge in [0.25, 0.3) is 5.91 Å². The van der Waals surface area contributed by atoms with Gasteiger partial charge in [0.15, 0.2) is 5.71 Å². The van der Waals surface area contributed by atoms with E-state index in [1.165, 1.54) is 63.4 Å². The number of amides is 1. The number of likely N-dealkylation sites (N-methyl/N-ethyl adjacent to an activating group) is 1. The van der Waals surface area contributed by atoms with Crippen LogP contribution in [0.5, 0.6) is 6.01 Å². The summed E-state index contributed by atoms with van der Waals surface area (Å²) < 4.78 is 84.8. The maximum atomic E-state index is 12.9. The van der Waals surface area contributed by atoms with Crippen LogP contribution in [0.4, 0.5) is 26.3 Å². The molecule has 0 aliphatic rings. The quantitative estimate of drug-likeness (QED) is 0.0738. The molecule has 1 N–H and O–H groups in total. The minimum Gasteiger partial charge on any atom is -0.467 e. The molecule has 1 atom stereocenters. The van der Waals surface area contributed by atoms with Crippen LogP contribution in [0.3, 0.4) is 0 Å². The van der Waals surface area contributed by atoms with Gasteiger partial charge < -0.3 is 24.6 Å². The number of carbonyl (C=O) groups excluding carboxylic acids is 1. The number of alkyl halides is 6. The summed E-state index contributed by atoms with van der Waals surface area (Å²) in [5.74, 6) is -0.453. The number of oxime groups is 3. The van der Waals surface area contributed by atoms with E-state index in [2.05, 4.69) is 25.9 Å². The van der Waals surface area contributed by atoms with Crippen LogP contribution in [0, 0.1) is 0 Å². The van der Waals surface area contributed by atoms with Crippen molar-refractivity contribution in [2.75, 3.05) is 21.3 Å². The molecule has 0 radical (unpaired) electrons. The van der Waals surface area contributed by atoms with Crippen molar-refractivity contribution in [1.29, 1.82) is 0 Å². The van der Waals surface area contributed by atoms with Crippen LogP contribution in [0.15, 0.2) is 117 Å². The molecule has 1 aromatic heterocycles. The number of rotatable bonds is 13. The summed E-state index contributed by atoms with van der Waals surface area (Å²) in [5.41, 5.74) is 1.12. The first kappa shape index (κ1) is 44.8. The molecule has 5 aromatic rings. The van der Waals surface area contributed by atoms with Crippen LogP contribution >= 0.6 is 0 Å². The summed E-state index contributed by atoms with van der Waals surface area (Å²) in [4.78, 5) is 39.9. The Hall–Kier alpha value is -6.92. The van der Waals surface area contributed by atoms with Crippen molar-refractivity contribution in [3.8, 4) is 11.7 Å². The van der Waals surface area contributed by atoms with Crippen molar-refractivity contribution in [3.63, 3.8) is 0 Å². The second-order valence-electron chi connectivity index (χ2n) is 12.3. The summed E-state index contributed by atoms with van der Waals surface area (Å²) in [6.07, 6.45) is -8.24. The van der Waals surface area contributed by atoms with Gasteiger partial charge in [-0.05, 0) is 55.3 Å². The van der Waals surface area contributed by atoms with E-state index in [-0.39, 0.29) is 24.0 Å². The van der Waals surface area contributed by atoms with E-state index in [1.54, 1.807) is 62.4 Å². The molecule has 1 unspecified atom stereocenters. The summed E-state index contributed by atoms with van der Waals surface area (Å²) in [5, 5.41) is 18.0. The predicted molar refractivity (Wildman–Crippen MR) is 206 cm³/mol. The van der Waals surface area contributed by atoms with Crippen LogP contribution in [0.2, 0.25) is 0 Å². The minimum absolute atomic E-state index is 0.0169. The number of para-hydroxylation sites is 1. The zero-order valence-electron chi connectivity index (χ0n) is 32.5. The molecule has 1 amide bonds. The molecule has 59 heavy (non-hydrogen) atoms. The van der Waals surface area contributed by atoms with Crippen molar-refractivity contribution in [2.45, 2.75) is 38.9 Å². The molecule has 1 heterocycles. The number of nitrogens with zero attached hydrogens (tertiary/aromatic N) is 6. The highest BCUT2D eigenvalue weighted by Gasteiger charge is 2.31. The normalized spacial score (nSPS) is 12.7. The Labute approximate surface area is 334 Å². The van der Waals surface area contributed by atoms with Crippen LogP contribution < -0.4 is 15.7 Å². The first-order valence-electron chi connectivity index (χ1n) is 17.4. The number of methoxy groups -OCH3 is 1. The molecule has 0 aliphatic heterocycles. The minimum atomic E-state index is -4.44. The topological polar surface area (TPSA) is 143 Å². The van der Waals surface area contributed by atoms with Gasteiger partial charge in [-0.25, -0.2) is 14.0 Å². The van der Waals surface area contributed by atoms with Crippen molar-refractivity contribution in [2.24, 2.45) is 22.5 Å². The van der Waals surface area contributed by atoms with E-state index in [0.29, 0.717) is 33.5 Å². The molecule has 312 valence electrons. The summed E-state index contributed by atoms with van der Waals surface area (Å²) in [7, 11) is 5.69. The van der Waals surface area contributed by atoms with E-state index in [0.717, 1.165) is 28.9 Å². The SMILES string of the molecule is CNC(=O)/C(=N/OC)c1ccccc1/C=N/OC(C)c1cccc(C(F)(F)F)c1.COc1nn(C)c(=O)n1-c1ccccc1CO/N=C(\C)c1cccc(C(F)(F)F)c1. The maximum Gasteiger partial charge on any atom is 0.416 e. The van der Waals surface area contributed by atoms with Crippen LogP contribution in [-0.2, 0) is 45.3 Å². The molecule has 13 nitrogen and oxygen atoms in total. The Bertz CT molecular complexity index is 2370. The zero-order valence-corrected chi connectivity index (χ0v) is 32.5.